The maximum absolute atomic E-state index is 12.0. The van der Waals surface area contributed by atoms with Crippen LogP contribution in [-0.4, -0.2) is 29.5 Å². The quantitative estimate of drug-likeness (QED) is 0.306. The first-order valence-corrected chi connectivity index (χ1v) is 10.8. The van der Waals surface area contributed by atoms with Crippen molar-refractivity contribution < 1.29 is 9.53 Å². The average molecular weight is 432 g/mol. The average Bonchev–Trinajstić information content (AvgIpc) is 3.17. The van der Waals surface area contributed by atoms with E-state index < -0.39 is 0 Å². The highest BCUT2D eigenvalue weighted by Gasteiger charge is 2.08. The minimum absolute atomic E-state index is 0.196. The molecule has 0 fully saturated rings. The lowest BCUT2D eigenvalue weighted by atomic mass is 10.2. The largest absolute Gasteiger partial charge is 0.493 e. The summed E-state index contributed by atoms with van der Waals surface area (Å²) >= 11 is 8.79. The van der Waals surface area contributed by atoms with E-state index in [0.717, 1.165) is 26.9 Å². The fourth-order valence-corrected chi connectivity index (χ4v) is 4.04. The molecule has 0 spiro atoms. The lowest BCUT2D eigenvalue weighted by Crippen LogP contribution is -2.19. The van der Waals surface area contributed by atoms with Crippen molar-refractivity contribution in [2.75, 3.05) is 12.4 Å². The maximum Gasteiger partial charge on any atom is 0.250 e. The predicted octanol–water partition coefficient (Wildman–Crippen LogP) is 5.10. The molecular weight excluding hydrogens is 414 g/mol. The van der Waals surface area contributed by atoms with Crippen LogP contribution < -0.4 is 10.2 Å². The highest BCUT2D eigenvalue weighted by molar-refractivity contribution is 8.01. The summed E-state index contributed by atoms with van der Waals surface area (Å²) in [6, 6.07) is 15.0. The first-order chi connectivity index (χ1) is 13.7. The minimum atomic E-state index is -0.196. The van der Waals surface area contributed by atoms with Gasteiger partial charge in [0.15, 0.2) is 4.34 Å². The molecular formula is C20H18ClN3O2S2. The molecule has 0 radical (unpaired) electrons. The van der Waals surface area contributed by atoms with Gasteiger partial charge in [-0.15, -0.1) is 11.3 Å². The third-order valence-corrected chi connectivity index (χ3v) is 5.83. The number of hydrogen-bond acceptors (Lipinski definition) is 6. The molecule has 1 N–H and O–H groups in total. The number of para-hydroxylation sites is 1. The molecule has 8 heteroatoms. The molecule has 144 valence electrons. The third kappa shape index (κ3) is 5.82. The molecule has 5 nitrogen and oxygen atoms in total. The molecule has 0 aliphatic heterocycles. The van der Waals surface area contributed by atoms with Crippen molar-refractivity contribution >= 4 is 46.8 Å². The van der Waals surface area contributed by atoms with Crippen molar-refractivity contribution in [3.8, 4) is 17.0 Å². The van der Waals surface area contributed by atoms with Gasteiger partial charge in [-0.1, -0.05) is 47.6 Å². The Balaban J connectivity index is 1.50. The molecule has 0 atom stereocenters. The number of hydrogen-bond donors (Lipinski definition) is 1. The Labute approximate surface area is 176 Å². The SMILES string of the molecule is CCOc1ccccc1/C=N/NC(=O)CSc1nc(-c2ccc(Cl)cc2)cs1. The summed E-state index contributed by atoms with van der Waals surface area (Å²) in [5, 5.41) is 6.66. The van der Waals surface area contributed by atoms with Crippen LogP contribution in [0, 0.1) is 0 Å². The number of aromatic nitrogens is 1. The van der Waals surface area contributed by atoms with Crippen LogP contribution in [0.4, 0.5) is 0 Å². The lowest BCUT2D eigenvalue weighted by molar-refractivity contribution is -0.118. The van der Waals surface area contributed by atoms with Gasteiger partial charge in [-0.05, 0) is 31.2 Å². The van der Waals surface area contributed by atoms with E-state index in [4.69, 9.17) is 16.3 Å². The zero-order chi connectivity index (χ0) is 19.8. The van der Waals surface area contributed by atoms with Crippen LogP contribution in [0.3, 0.4) is 0 Å². The Morgan fingerprint density at radius 2 is 2.07 bits per heavy atom. The molecule has 0 saturated carbocycles. The third-order valence-electron chi connectivity index (χ3n) is 3.56. The molecule has 28 heavy (non-hydrogen) atoms. The van der Waals surface area contributed by atoms with Gasteiger partial charge < -0.3 is 4.74 Å². The highest BCUT2D eigenvalue weighted by Crippen LogP contribution is 2.28. The molecule has 0 aliphatic carbocycles. The van der Waals surface area contributed by atoms with Crippen LogP contribution in [-0.2, 0) is 4.79 Å². The number of ether oxygens (including phenoxy) is 1. The summed E-state index contributed by atoms with van der Waals surface area (Å²) in [5.41, 5.74) is 5.21. The highest BCUT2D eigenvalue weighted by atomic mass is 35.5. The van der Waals surface area contributed by atoms with Gasteiger partial charge in [0, 0.05) is 21.5 Å². The molecule has 0 saturated heterocycles. The van der Waals surface area contributed by atoms with Crippen molar-refractivity contribution in [3.05, 3.63) is 64.5 Å². The number of benzene rings is 2. The smallest absolute Gasteiger partial charge is 0.250 e. The van der Waals surface area contributed by atoms with Gasteiger partial charge in [0.25, 0.3) is 5.91 Å². The maximum atomic E-state index is 12.0. The number of carbonyl (C=O) groups excluding carboxylic acids is 1. The number of halogens is 1. The number of nitrogens with zero attached hydrogens (tertiary/aromatic N) is 2. The number of rotatable bonds is 8. The number of thioether (sulfide) groups is 1. The minimum Gasteiger partial charge on any atom is -0.493 e. The number of carbonyl (C=O) groups is 1. The number of nitrogens with one attached hydrogen (secondary N) is 1. The molecule has 0 bridgehead atoms. The van der Waals surface area contributed by atoms with Crippen molar-refractivity contribution in [1.82, 2.24) is 10.4 Å². The van der Waals surface area contributed by atoms with Crippen LogP contribution in [0.5, 0.6) is 5.75 Å². The van der Waals surface area contributed by atoms with Gasteiger partial charge in [0.2, 0.25) is 0 Å². The summed E-state index contributed by atoms with van der Waals surface area (Å²) in [7, 11) is 0. The predicted molar refractivity (Wildman–Crippen MR) is 117 cm³/mol. The van der Waals surface area contributed by atoms with Crippen molar-refractivity contribution in [2.45, 2.75) is 11.3 Å². The van der Waals surface area contributed by atoms with Gasteiger partial charge in [0.1, 0.15) is 5.75 Å². The summed E-state index contributed by atoms with van der Waals surface area (Å²) in [6.07, 6.45) is 1.58. The van der Waals surface area contributed by atoms with Crippen LogP contribution in [0.25, 0.3) is 11.3 Å². The normalized spacial score (nSPS) is 10.9. The summed E-state index contributed by atoms with van der Waals surface area (Å²) < 4.78 is 6.35. The summed E-state index contributed by atoms with van der Waals surface area (Å²) in [6.45, 7) is 2.49. The Morgan fingerprint density at radius 3 is 2.86 bits per heavy atom. The molecule has 0 aliphatic rings. The van der Waals surface area contributed by atoms with E-state index in [1.165, 1.54) is 23.1 Å². The Morgan fingerprint density at radius 1 is 1.29 bits per heavy atom. The van der Waals surface area contributed by atoms with Crippen LogP contribution in [0.2, 0.25) is 5.02 Å². The second-order valence-corrected chi connectivity index (χ2v) is 8.08. The first-order valence-electron chi connectivity index (χ1n) is 8.53. The topological polar surface area (TPSA) is 63.6 Å². The number of thiazole rings is 1. The van der Waals surface area contributed by atoms with E-state index in [1.54, 1.807) is 6.21 Å². The molecule has 1 heterocycles. The molecule has 1 amide bonds. The van der Waals surface area contributed by atoms with Crippen LogP contribution in [0.15, 0.2) is 63.4 Å². The van der Waals surface area contributed by atoms with Crippen molar-refractivity contribution in [1.29, 1.82) is 0 Å². The van der Waals surface area contributed by atoms with Gasteiger partial charge in [0.05, 0.1) is 24.3 Å². The lowest BCUT2D eigenvalue weighted by Gasteiger charge is -2.05. The van der Waals surface area contributed by atoms with Crippen molar-refractivity contribution in [2.24, 2.45) is 5.10 Å². The Hall–Kier alpha value is -2.35. The standard InChI is InChI=1S/C20H18ClN3O2S2/c1-2-26-18-6-4-3-5-15(18)11-22-24-19(25)13-28-20-23-17(12-27-20)14-7-9-16(21)10-8-14/h3-12H,2,13H2,1H3,(H,24,25)/b22-11+. The van der Waals surface area contributed by atoms with E-state index >= 15 is 0 Å². The molecule has 1 aromatic heterocycles. The molecule has 3 rings (SSSR count). The number of hydrazone groups is 1. The van der Waals surface area contributed by atoms with Gasteiger partial charge >= 0.3 is 0 Å². The molecule has 0 unspecified atom stereocenters. The Bertz CT molecular complexity index is 958. The van der Waals surface area contributed by atoms with E-state index in [1.807, 2.05) is 60.8 Å². The van der Waals surface area contributed by atoms with E-state index in [9.17, 15) is 4.79 Å². The Kier molecular flexibility index (Phi) is 7.47. The second-order valence-electron chi connectivity index (χ2n) is 5.56. The molecule has 2 aromatic carbocycles. The fourth-order valence-electron chi connectivity index (χ4n) is 2.28. The fraction of sp³-hybridized carbons (Fsp3) is 0.150. The van der Waals surface area contributed by atoms with E-state index in [2.05, 4.69) is 15.5 Å². The van der Waals surface area contributed by atoms with Gasteiger partial charge in [-0.25, -0.2) is 10.4 Å². The zero-order valence-electron chi connectivity index (χ0n) is 15.1. The van der Waals surface area contributed by atoms with Gasteiger partial charge in [-0.3, -0.25) is 4.79 Å². The molecule has 3 aromatic rings. The first kappa shape index (κ1) is 20.4. The monoisotopic (exact) mass is 431 g/mol. The van der Waals surface area contributed by atoms with Crippen LogP contribution in [0.1, 0.15) is 12.5 Å². The van der Waals surface area contributed by atoms with E-state index in [0.29, 0.717) is 11.6 Å². The second kappa shape index (κ2) is 10.3. The van der Waals surface area contributed by atoms with Gasteiger partial charge in [-0.2, -0.15) is 5.10 Å². The van der Waals surface area contributed by atoms with Crippen molar-refractivity contribution in [3.63, 3.8) is 0 Å². The summed E-state index contributed by atoms with van der Waals surface area (Å²) in [5.74, 6) is 0.770. The number of amides is 1. The summed E-state index contributed by atoms with van der Waals surface area (Å²) in [4.78, 5) is 16.6. The zero-order valence-corrected chi connectivity index (χ0v) is 17.5. The van der Waals surface area contributed by atoms with E-state index in [-0.39, 0.29) is 11.7 Å². The van der Waals surface area contributed by atoms with Crippen LogP contribution >= 0.6 is 34.7 Å².